The van der Waals surface area contributed by atoms with Gasteiger partial charge in [-0.1, -0.05) is 19.3 Å². The number of hydrogen-bond acceptors (Lipinski definition) is 3. The lowest BCUT2D eigenvalue weighted by atomic mass is 9.95. The van der Waals surface area contributed by atoms with Crippen LogP contribution in [0.2, 0.25) is 0 Å². The maximum atomic E-state index is 12.5. The Morgan fingerprint density at radius 3 is 2.36 bits per heavy atom. The molecule has 1 saturated carbocycles. The van der Waals surface area contributed by atoms with E-state index in [0.29, 0.717) is 17.3 Å². The Bertz CT molecular complexity index is 980. The number of nitrogens with one attached hydrogen (secondary N) is 1. The van der Waals surface area contributed by atoms with Gasteiger partial charge in [-0.3, -0.25) is 9.52 Å². The zero-order valence-electron chi connectivity index (χ0n) is 16.7. The highest BCUT2D eigenvalue weighted by Gasteiger charge is 2.19. The van der Waals surface area contributed by atoms with Crippen molar-refractivity contribution in [2.24, 2.45) is 0 Å². The zero-order valence-corrected chi connectivity index (χ0v) is 17.6. The molecule has 1 aliphatic rings. The maximum Gasteiger partial charge on any atom is 0.229 e. The van der Waals surface area contributed by atoms with Gasteiger partial charge in [0.05, 0.1) is 6.26 Å². The third kappa shape index (κ3) is 4.93. The van der Waals surface area contributed by atoms with Crippen LogP contribution in [0.3, 0.4) is 0 Å². The van der Waals surface area contributed by atoms with Crippen molar-refractivity contribution in [3.63, 3.8) is 0 Å². The largest absolute Gasteiger partial charge is 0.346 e. The number of aryl methyl sites for hydroxylation is 1. The smallest absolute Gasteiger partial charge is 0.229 e. The van der Waals surface area contributed by atoms with Crippen LogP contribution in [0.4, 0.5) is 5.69 Å². The fourth-order valence-electron chi connectivity index (χ4n) is 4.05. The van der Waals surface area contributed by atoms with Crippen LogP contribution < -0.4 is 4.72 Å². The first kappa shape index (κ1) is 20.4. The van der Waals surface area contributed by atoms with Crippen LogP contribution in [-0.4, -0.2) is 25.0 Å². The van der Waals surface area contributed by atoms with Gasteiger partial charge in [0.15, 0.2) is 5.78 Å². The third-order valence-corrected chi connectivity index (χ3v) is 5.96. The molecule has 0 saturated heterocycles. The highest BCUT2D eigenvalue weighted by Crippen LogP contribution is 2.32. The molecule has 3 rings (SSSR count). The molecular formula is C22H28N2O3S. The van der Waals surface area contributed by atoms with Crippen molar-refractivity contribution >= 4 is 27.6 Å². The van der Waals surface area contributed by atoms with E-state index in [0.717, 1.165) is 11.8 Å². The van der Waals surface area contributed by atoms with E-state index in [1.165, 1.54) is 43.5 Å². The SMILES string of the molecule is Cc1cc(C=CC(=O)c2ccc(NS(C)(=O)=O)cc2)c(C)n1C1CCCCC1. The maximum absolute atomic E-state index is 12.5. The molecule has 0 amide bonds. The minimum atomic E-state index is -3.32. The van der Waals surface area contributed by atoms with Gasteiger partial charge in [0.25, 0.3) is 0 Å². The molecule has 6 heteroatoms. The van der Waals surface area contributed by atoms with Gasteiger partial charge in [0.2, 0.25) is 10.0 Å². The van der Waals surface area contributed by atoms with Gasteiger partial charge in [-0.25, -0.2) is 8.42 Å². The van der Waals surface area contributed by atoms with E-state index < -0.39 is 10.0 Å². The Hall–Kier alpha value is -2.34. The quantitative estimate of drug-likeness (QED) is 0.555. The first-order chi connectivity index (χ1) is 13.2. The molecule has 2 aromatic rings. The molecule has 1 N–H and O–H groups in total. The zero-order chi connectivity index (χ0) is 20.3. The predicted molar refractivity (Wildman–Crippen MR) is 114 cm³/mol. The Labute approximate surface area is 167 Å². The number of hydrogen-bond donors (Lipinski definition) is 1. The van der Waals surface area contributed by atoms with Crippen LogP contribution in [0, 0.1) is 13.8 Å². The second-order valence-electron chi connectivity index (χ2n) is 7.64. The fourth-order valence-corrected chi connectivity index (χ4v) is 4.61. The summed E-state index contributed by atoms with van der Waals surface area (Å²) in [5, 5.41) is 0. The Kier molecular flexibility index (Phi) is 6.08. The molecule has 0 atom stereocenters. The van der Waals surface area contributed by atoms with E-state index in [2.05, 4.69) is 29.2 Å². The van der Waals surface area contributed by atoms with Crippen molar-refractivity contribution in [3.8, 4) is 0 Å². The number of aromatic nitrogens is 1. The van der Waals surface area contributed by atoms with Gasteiger partial charge in [0, 0.05) is 28.7 Å². The molecule has 150 valence electrons. The Morgan fingerprint density at radius 1 is 1.11 bits per heavy atom. The van der Waals surface area contributed by atoms with Gasteiger partial charge < -0.3 is 4.57 Å². The van der Waals surface area contributed by atoms with E-state index in [1.54, 1.807) is 30.3 Å². The lowest BCUT2D eigenvalue weighted by Crippen LogP contribution is -2.15. The second-order valence-corrected chi connectivity index (χ2v) is 9.39. The van der Waals surface area contributed by atoms with Gasteiger partial charge in [-0.05, 0) is 74.7 Å². The summed E-state index contributed by atoms with van der Waals surface area (Å²) in [4.78, 5) is 12.5. The summed E-state index contributed by atoms with van der Waals surface area (Å²) in [6.07, 6.45) is 10.9. The summed E-state index contributed by atoms with van der Waals surface area (Å²) in [6.45, 7) is 4.26. The first-order valence-electron chi connectivity index (χ1n) is 9.73. The van der Waals surface area contributed by atoms with Gasteiger partial charge >= 0.3 is 0 Å². The normalized spacial score (nSPS) is 15.8. The molecule has 0 bridgehead atoms. The monoisotopic (exact) mass is 400 g/mol. The average Bonchev–Trinajstić information content (AvgIpc) is 2.93. The lowest BCUT2D eigenvalue weighted by molar-refractivity contribution is 0.104. The Morgan fingerprint density at radius 2 is 1.75 bits per heavy atom. The molecule has 1 aromatic heterocycles. The van der Waals surface area contributed by atoms with Crippen molar-refractivity contribution in [1.29, 1.82) is 0 Å². The minimum absolute atomic E-state index is 0.103. The molecule has 0 unspecified atom stereocenters. The molecular weight excluding hydrogens is 372 g/mol. The number of sulfonamides is 1. The highest BCUT2D eigenvalue weighted by atomic mass is 32.2. The number of rotatable bonds is 6. The summed E-state index contributed by atoms with van der Waals surface area (Å²) in [7, 11) is -3.32. The fraction of sp³-hybridized carbons (Fsp3) is 0.409. The number of carbonyl (C=O) groups excluding carboxylic acids is 1. The van der Waals surface area contributed by atoms with Gasteiger partial charge in [-0.2, -0.15) is 0 Å². The molecule has 5 nitrogen and oxygen atoms in total. The lowest BCUT2D eigenvalue weighted by Gasteiger charge is -2.26. The molecule has 1 aromatic carbocycles. The number of allylic oxidation sites excluding steroid dienone is 1. The first-order valence-corrected chi connectivity index (χ1v) is 11.6. The molecule has 1 aliphatic carbocycles. The van der Waals surface area contributed by atoms with Crippen LogP contribution in [-0.2, 0) is 10.0 Å². The highest BCUT2D eigenvalue weighted by molar-refractivity contribution is 7.92. The number of benzene rings is 1. The summed E-state index contributed by atoms with van der Waals surface area (Å²) >= 11 is 0. The van der Waals surface area contributed by atoms with Crippen molar-refractivity contribution in [2.75, 3.05) is 11.0 Å². The van der Waals surface area contributed by atoms with Crippen LogP contribution in [0.1, 0.15) is 65.5 Å². The molecule has 1 heterocycles. The molecule has 1 fully saturated rings. The summed E-state index contributed by atoms with van der Waals surface area (Å²) in [6, 6.07) is 9.17. The van der Waals surface area contributed by atoms with Crippen molar-refractivity contribution in [1.82, 2.24) is 4.57 Å². The van der Waals surface area contributed by atoms with E-state index in [1.807, 2.05) is 6.08 Å². The number of anilines is 1. The minimum Gasteiger partial charge on any atom is -0.346 e. The van der Waals surface area contributed by atoms with Crippen LogP contribution in [0.5, 0.6) is 0 Å². The topological polar surface area (TPSA) is 68.2 Å². The van der Waals surface area contributed by atoms with E-state index in [-0.39, 0.29) is 5.78 Å². The van der Waals surface area contributed by atoms with E-state index >= 15 is 0 Å². The Balaban J connectivity index is 1.74. The van der Waals surface area contributed by atoms with Crippen molar-refractivity contribution < 1.29 is 13.2 Å². The molecule has 28 heavy (non-hydrogen) atoms. The number of ketones is 1. The molecule has 0 radical (unpaired) electrons. The van der Waals surface area contributed by atoms with E-state index in [9.17, 15) is 13.2 Å². The third-order valence-electron chi connectivity index (χ3n) is 5.35. The second kappa shape index (κ2) is 8.35. The van der Waals surface area contributed by atoms with Crippen molar-refractivity contribution in [3.05, 3.63) is 58.9 Å². The van der Waals surface area contributed by atoms with Gasteiger partial charge in [0.1, 0.15) is 0 Å². The summed E-state index contributed by atoms with van der Waals surface area (Å²) in [5.41, 5.74) is 4.50. The average molecular weight is 401 g/mol. The summed E-state index contributed by atoms with van der Waals surface area (Å²) < 4.78 is 27.3. The summed E-state index contributed by atoms with van der Waals surface area (Å²) in [5.74, 6) is -0.103. The molecule has 0 aliphatic heterocycles. The van der Waals surface area contributed by atoms with Crippen molar-refractivity contribution in [2.45, 2.75) is 52.0 Å². The van der Waals surface area contributed by atoms with Crippen LogP contribution >= 0.6 is 0 Å². The van der Waals surface area contributed by atoms with Gasteiger partial charge in [-0.15, -0.1) is 0 Å². The van der Waals surface area contributed by atoms with Crippen LogP contribution in [0.15, 0.2) is 36.4 Å². The predicted octanol–water partition coefficient (Wildman–Crippen LogP) is 4.88. The standard InChI is InChI=1S/C22H28N2O3S/c1-16-15-19(17(2)24(16)21-7-5-4-6-8-21)11-14-22(25)18-9-12-20(13-10-18)23-28(3,26)27/h9-15,21,23H,4-8H2,1-3H3. The molecule has 0 spiro atoms. The van der Waals surface area contributed by atoms with Crippen LogP contribution in [0.25, 0.3) is 6.08 Å². The van der Waals surface area contributed by atoms with E-state index in [4.69, 9.17) is 0 Å². The number of nitrogens with zero attached hydrogens (tertiary/aromatic N) is 1. The number of carbonyl (C=O) groups is 1.